The molecule has 2 heterocycles. The quantitative estimate of drug-likeness (QED) is 0.450. The number of carbonyl (C=O) groups is 3. The molecule has 4 rings (SSSR count). The number of nitrogens with zero attached hydrogens (tertiary/aromatic N) is 1. The Bertz CT molecular complexity index is 1130. The molecule has 1 saturated carbocycles. The maximum atomic E-state index is 13.4. The maximum absolute atomic E-state index is 13.4. The lowest BCUT2D eigenvalue weighted by Gasteiger charge is -2.41. The second-order valence-electron chi connectivity index (χ2n) is 12.2. The van der Waals surface area contributed by atoms with Crippen molar-refractivity contribution in [3.63, 3.8) is 0 Å². The molecule has 1 aliphatic carbocycles. The van der Waals surface area contributed by atoms with Gasteiger partial charge in [-0.2, -0.15) is 13.2 Å². The third-order valence-corrected chi connectivity index (χ3v) is 7.94. The monoisotopic (exact) mass is 600 g/mol. The molecule has 3 atom stereocenters. The van der Waals surface area contributed by atoms with Crippen LogP contribution in [-0.4, -0.2) is 89.9 Å². The zero-order chi connectivity index (χ0) is 30.7. The van der Waals surface area contributed by atoms with Gasteiger partial charge >= 0.3 is 18.2 Å². The summed E-state index contributed by atoms with van der Waals surface area (Å²) in [5.41, 5.74) is -0.884. The van der Waals surface area contributed by atoms with Crippen LogP contribution in [0.4, 0.5) is 18.0 Å². The number of carboxylic acids is 1. The first-order chi connectivity index (χ1) is 19.7. The number of para-hydroxylation sites is 1. The summed E-state index contributed by atoms with van der Waals surface area (Å²) in [6.45, 7) is 6.07. The summed E-state index contributed by atoms with van der Waals surface area (Å²) in [5.74, 6) is -1.92. The number of amides is 2. The molecule has 2 N–H and O–H groups in total. The molecule has 13 heteroatoms. The van der Waals surface area contributed by atoms with Crippen LogP contribution in [0.25, 0.3) is 0 Å². The number of hydrogen-bond donors (Lipinski definition) is 2. The van der Waals surface area contributed by atoms with Gasteiger partial charge in [0.25, 0.3) is 0 Å². The summed E-state index contributed by atoms with van der Waals surface area (Å²) in [6, 6.07) is 5.92. The number of nitrogens with one attached hydrogen (secondary N) is 1. The summed E-state index contributed by atoms with van der Waals surface area (Å²) in [4.78, 5) is 37.9. The number of likely N-dealkylation sites (tertiary alicyclic amines) is 1. The van der Waals surface area contributed by atoms with Gasteiger partial charge in [-0.25, -0.2) is 4.79 Å². The first kappa shape index (κ1) is 31.9. The van der Waals surface area contributed by atoms with Crippen molar-refractivity contribution >= 4 is 18.0 Å². The summed E-state index contributed by atoms with van der Waals surface area (Å²) in [6.07, 6.45) is -6.16. The van der Waals surface area contributed by atoms with Crippen molar-refractivity contribution in [1.82, 2.24) is 10.2 Å². The van der Waals surface area contributed by atoms with Gasteiger partial charge in [0.15, 0.2) is 0 Å². The molecule has 0 aromatic heterocycles. The molecule has 0 bridgehead atoms. The van der Waals surface area contributed by atoms with Gasteiger partial charge < -0.3 is 34.3 Å². The number of carboxylic acid groups (broad SMARTS) is 1. The Kier molecular flexibility index (Phi) is 9.61. The molecule has 0 radical (unpaired) electrons. The summed E-state index contributed by atoms with van der Waals surface area (Å²) >= 11 is 0. The minimum absolute atomic E-state index is 0.0272. The lowest BCUT2D eigenvalue weighted by Crippen LogP contribution is -2.65. The summed E-state index contributed by atoms with van der Waals surface area (Å²) < 4.78 is 63.0. The van der Waals surface area contributed by atoms with Gasteiger partial charge in [0.05, 0.1) is 37.3 Å². The number of alkyl halides is 3. The molecule has 1 spiro atoms. The molecule has 1 aromatic rings. The van der Waals surface area contributed by atoms with E-state index in [9.17, 15) is 27.6 Å². The Morgan fingerprint density at radius 1 is 1.17 bits per heavy atom. The zero-order valence-electron chi connectivity index (χ0n) is 24.1. The van der Waals surface area contributed by atoms with Crippen molar-refractivity contribution in [2.75, 3.05) is 26.4 Å². The maximum Gasteiger partial charge on any atom is 0.426 e. The van der Waals surface area contributed by atoms with Crippen molar-refractivity contribution in [3.8, 4) is 5.75 Å². The normalized spacial score (nSPS) is 27.4. The Hall–Kier alpha value is -3.06. The van der Waals surface area contributed by atoms with Crippen LogP contribution >= 0.6 is 0 Å². The van der Waals surface area contributed by atoms with Gasteiger partial charge in [-0.3, -0.25) is 9.59 Å². The molecule has 1 aromatic carbocycles. The standard InChI is InChI=1S/C29H39F3N2O8/c1-27(2,3)42-26(38)34-13-12-28(17-39-16-24(35)33-28)22(34)15-40-19-10-8-18(9-11-19)20-6-4-5-7-21(20)41-23(14-25(36)37)29(30,31)32/h4-7,18-19,22-23H,8-17H2,1-3H3,(H,33,35)(H,36,37)/t18-,19+,22?,23?,28?. The number of ether oxygens (including phenoxy) is 4. The molecule has 3 unspecified atom stereocenters. The average molecular weight is 601 g/mol. The molecule has 10 nitrogen and oxygen atoms in total. The molecule has 2 amide bonds. The van der Waals surface area contributed by atoms with E-state index in [1.807, 2.05) is 0 Å². The topological polar surface area (TPSA) is 124 Å². The van der Waals surface area contributed by atoms with Crippen molar-refractivity contribution in [2.45, 2.75) is 101 Å². The van der Waals surface area contributed by atoms with E-state index < -0.39 is 47.9 Å². The molecule has 42 heavy (non-hydrogen) atoms. The average Bonchev–Trinajstić information content (AvgIpc) is 3.22. The predicted molar refractivity (Wildman–Crippen MR) is 143 cm³/mol. The van der Waals surface area contributed by atoms with Crippen molar-refractivity contribution < 1.29 is 51.6 Å². The zero-order valence-corrected chi connectivity index (χ0v) is 24.1. The summed E-state index contributed by atoms with van der Waals surface area (Å²) in [7, 11) is 0. The largest absolute Gasteiger partial charge is 0.481 e. The van der Waals surface area contributed by atoms with Crippen LogP contribution in [-0.2, 0) is 23.8 Å². The van der Waals surface area contributed by atoms with E-state index in [2.05, 4.69) is 5.32 Å². The van der Waals surface area contributed by atoms with E-state index in [1.165, 1.54) is 6.07 Å². The second-order valence-corrected chi connectivity index (χ2v) is 12.2. The fraction of sp³-hybridized carbons (Fsp3) is 0.690. The SMILES string of the molecule is CC(C)(C)OC(=O)N1CCC2(COCC(=O)N2)C1CO[C@H]1CC[C@@H](c2ccccc2OC(CC(=O)O)C(F)(F)F)CC1. The van der Waals surface area contributed by atoms with Crippen LogP contribution in [0.3, 0.4) is 0 Å². The molecule has 3 fully saturated rings. The first-order valence-corrected chi connectivity index (χ1v) is 14.2. The van der Waals surface area contributed by atoms with E-state index >= 15 is 0 Å². The molecular weight excluding hydrogens is 561 g/mol. The van der Waals surface area contributed by atoms with E-state index in [0.29, 0.717) is 44.2 Å². The van der Waals surface area contributed by atoms with Crippen LogP contribution < -0.4 is 10.1 Å². The number of hydrogen-bond acceptors (Lipinski definition) is 7. The predicted octanol–water partition coefficient (Wildman–Crippen LogP) is 4.41. The minimum Gasteiger partial charge on any atom is -0.481 e. The van der Waals surface area contributed by atoms with Crippen LogP contribution in [0.1, 0.15) is 70.8 Å². The van der Waals surface area contributed by atoms with E-state index in [-0.39, 0.29) is 43.5 Å². The number of benzene rings is 1. The number of halogens is 3. The lowest BCUT2D eigenvalue weighted by atomic mass is 9.82. The van der Waals surface area contributed by atoms with Gasteiger partial charge in [0, 0.05) is 6.54 Å². The number of rotatable bonds is 8. The summed E-state index contributed by atoms with van der Waals surface area (Å²) in [5, 5.41) is 12.0. The van der Waals surface area contributed by atoms with Crippen LogP contribution in [0.15, 0.2) is 24.3 Å². The first-order valence-electron chi connectivity index (χ1n) is 14.2. The number of morpholine rings is 1. The van der Waals surface area contributed by atoms with Crippen molar-refractivity contribution in [3.05, 3.63) is 29.8 Å². The Balaban J connectivity index is 1.40. The highest BCUT2D eigenvalue weighted by molar-refractivity contribution is 5.79. The van der Waals surface area contributed by atoms with E-state index in [4.69, 9.17) is 24.1 Å². The van der Waals surface area contributed by atoms with Gasteiger partial charge in [-0.05, 0) is 70.4 Å². The van der Waals surface area contributed by atoms with Gasteiger partial charge in [0.1, 0.15) is 18.0 Å². The van der Waals surface area contributed by atoms with Crippen molar-refractivity contribution in [1.29, 1.82) is 0 Å². The smallest absolute Gasteiger partial charge is 0.426 e. The van der Waals surface area contributed by atoms with Gasteiger partial charge in [-0.15, -0.1) is 0 Å². The van der Waals surface area contributed by atoms with Crippen molar-refractivity contribution in [2.24, 2.45) is 0 Å². The van der Waals surface area contributed by atoms with Crippen LogP contribution in [0, 0.1) is 0 Å². The molecule has 2 saturated heterocycles. The highest BCUT2D eigenvalue weighted by Gasteiger charge is 2.53. The fourth-order valence-electron chi connectivity index (χ4n) is 5.95. The Morgan fingerprint density at radius 2 is 1.86 bits per heavy atom. The molecule has 2 aliphatic heterocycles. The molecular formula is C29H39F3N2O8. The molecule has 234 valence electrons. The van der Waals surface area contributed by atoms with Gasteiger partial charge in [0.2, 0.25) is 12.0 Å². The van der Waals surface area contributed by atoms with E-state index in [0.717, 1.165) is 0 Å². The number of aliphatic carboxylic acids is 1. The second kappa shape index (κ2) is 12.7. The fourth-order valence-corrected chi connectivity index (χ4v) is 5.95. The third kappa shape index (κ3) is 7.85. The van der Waals surface area contributed by atoms with Crippen LogP contribution in [0.2, 0.25) is 0 Å². The van der Waals surface area contributed by atoms with Crippen LogP contribution in [0.5, 0.6) is 5.75 Å². The number of carbonyl (C=O) groups excluding carboxylic acids is 2. The van der Waals surface area contributed by atoms with E-state index in [1.54, 1.807) is 43.9 Å². The lowest BCUT2D eigenvalue weighted by molar-refractivity contribution is -0.200. The van der Waals surface area contributed by atoms with Gasteiger partial charge in [-0.1, -0.05) is 18.2 Å². The minimum atomic E-state index is -4.83. The Labute approximate surface area is 242 Å². The molecule has 3 aliphatic rings. The third-order valence-electron chi connectivity index (χ3n) is 7.94. The highest BCUT2D eigenvalue weighted by atomic mass is 19.4. The Morgan fingerprint density at radius 3 is 2.48 bits per heavy atom. The highest BCUT2D eigenvalue weighted by Crippen LogP contribution is 2.40.